The molecule has 0 spiro atoms. The molecule has 0 fully saturated rings. The molecule has 0 heterocycles. The molecule has 7 heteroatoms. The summed E-state index contributed by atoms with van der Waals surface area (Å²) >= 11 is 6.58. The highest BCUT2D eigenvalue weighted by molar-refractivity contribution is 9.10. The molecule has 130 valence electrons. The highest BCUT2D eigenvalue weighted by Gasteiger charge is 2.17. The topological polar surface area (TPSA) is 63.7 Å². The molecule has 2 rings (SSSR count). The van der Waals surface area contributed by atoms with Gasteiger partial charge >= 0.3 is 5.97 Å². The van der Waals surface area contributed by atoms with Crippen LogP contribution >= 0.6 is 31.9 Å². The fraction of sp³-hybridized carbons (Fsp3) is 0.167. The maximum atomic E-state index is 12.2. The van der Waals surface area contributed by atoms with Crippen molar-refractivity contribution in [2.24, 2.45) is 0 Å². The summed E-state index contributed by atoms with van der Waals surface area (Å²) < 4.78 is 6.68. The second-order valence-corrected chi connectivity index (χ2v) is 7.09. The average Bonchev–Trinajstić information content (AvgIpc) is 2.60. The number of carbonyl (C=O) groups is 3. The van der Waals surface area contributed by atoms with E-state index in [4.69, 9.17) is 4.74 Å². The van der Waals surface area contributed by atoms with Crippen molar-refractivity contribution in [1.82, 2.24) is 4.90 Å². The van der Waals surface area contributed by atoms with E-state index in [0.717, 1.165) is 8.95 Å². The van der Waals surface area contributed by atoms with E-state index in [1.807, 2.05) is 0 Å². The van der Waals surface area contributed by atoms with E-state index in [1.165, 1.54) is 11.9 Å². The molecule has 0 aromatic heterocycles. The zero-order valence-corrected chi connectivity index (χ0v) is 16.5. The van der Waals surface area contributed by atoms with E-state index in [-0.39, 0.29) is 24.8 Å². The fourth-order valence-corrected chi connectivity index (χ4v) is 2.52. The number of benzene rings is 2. The molecule has 0 atom stereocenters. The van der Waals surface area contributed by atoms with Crippen molar-refractivity contribution < 1.29 is 19.1 Å². The van der Waals surface area contributed by atoms with Gasteiger partial charge in [-0.05, 0) is 36.4 Å². The van der Waals surface area contributed by atoms with Gasteiger partial charge in [0.1, 0.15) is 6.54 Å². The molecular formula is C18H15Br2NO4. The van der Waals surface area contributed by atoms with E-state index in [1.54, 1.807) is 48.5 Å². The summed E-state index contributed by atoms with van der Waals surface area (Å²) in [5.41, 5.74) is 0.916. The predicted molar refractivity (Wildman–Crippen MR) is 101 cm³/mol. The second kappa shape index (κ2) is 8.92. The van der Waals surface area contributed by atoms with Crippen LogP contribution in [0.15, 0.2) is 57.5 Å². The van der Waals surface area contributed by atoms with E-state index in [2.05, 4.69) is 31.9 Å². The Kier molecular flexibility index (Phi) is 6.90. The van der Waals surface area contributed by atoms with Gasteiger partial charge in [0, 0.05) is 27.1 Å². The number of amides is 1. The Morgan fingerprint density at radius 1 is 0.880 bits per heavy atom. The van der Waals surface area contributed by atoms with Crippen LogP contribution in [0.1, 0.15) is 20.7 Å². The lowest BCUT2D eigenvalue weighted by Crippen LogP contribution is -2.33. The van der Waals surface area contributed by atoms with Crippen LogP contribution in [-0.4, -0.2) is 42.8 Å². The lowest BCUT2D eigenvalue weighted by molar-refractivity contribution is -0.142. The monoisotopic (exact) mass is 467 g/mol. The van der Waals surface area contributed by atoms with E-state index in [9.17, 15) is 14.4 Å². The zero-order valence-electron chi connectivity index (χ0n) is 13.4. The van der Waals surface area contributed by atoms with Gasteiger partial charge in [0.15, 0.2) is 12.4 Å². The normalized spacial score (nSPS) is 10.2. The van der Waals surface area contributed by atoms with Crippen molar-refractivity contribution in [3.63, 3.8) is 0 Å². The van der Waals surface area contributed by atoms with Crippen molar-refractivity contribution in [1.29, 1.82) is 0 Å². The van der Waals surface area contributed by atoms with Crippen molar-refractivity contribution in [3.05, 3.63) is 68.6 Å². The summed E-state index contributed by atoms with van der Waals surface area (Å²) in [6.45, 7) is -0.594. The fourth-order valence-electron chi connectivity index (χ4n) is 1.99. The van der Waals surface area contributed by atoms with E-state index < -0.39 is 5.97 Å². The number of halogens is 2. The largest absolute Gasteiger partial charge is 0.456 e. The van der Waals surface area contributed by atoms with Gasteiger partial charge in [-0.1, -0.05) is 44.0 Å². The Labute approximate surface area is 162 Å². The highest BCUT2D eigenvalue weighted by Crippen LogP contribution is 2.12. The van der Waals surface area contributed by atoms with Gasteiger partial charge in [-0.15, -0.1) is 0 Å². The van der Waals surface area contributed by atoms with E-state index in [0.29, 0.717) is 11.1 Å². The Balaban J connectivity index is 1.84. The lowest BCUT2D eigenvalue weighted by Gasteiger charge is -2.16. The second-order valence-electron chi connectivity index (χ2n) is 5.26. The number of ketones is 1. The summed E-state index contributed by atoms with van der Waals surface area (Å²) in [5, 5.41) is 0. The smallest absolute Gasteiger partial charge is 0.326 e. The molecule has 0 aliphatic heterocycles. The van der Waals surface area contributed by atoms with Crippen molar-refractivity contribution in [3.8, 4) is 0 Å². The first-order chi connectivity index (χ1) is 11.9. The van der Waals surface area contributed by atoms with Crippen LogP contribution in [0.2, 0.25) is 0 Å². The number of likely N-dealkylation sites (N-methyl/N-ethyl adjacent to an activating group) is 1. The number of esters is 1. The minimum Gasteiger partial charge on any atom is -0.456 e. The predicted octanol–water partition coefficient (Wildman–Crippen LogP) is 3.71. The van der Waals surface area contributed by atoms with Gasteiger partial charge in [-0.25, -0.2) is 0 Å². The third-order valence-corrected chi connectivity index (χ3v) is 4.39. The van der Waals surface area contributed by atoms with Crippen LogP contribution < -0.4 is 0 Å². The van der Waals surface area contributed by atoms with Gasteiger partial charge in [-0.2, -0.15) is 0 Å². The molecule has 1 amide bonds. The van der Waals surface area contributed by atoms with Crippen molar-refractivity contribution in [2.45, 2.75) is 0 Å². The van der Waals surface area contributed by atoms with Gasteiger partial charge < -0.3 is 9.64 Å². The molecule has 0 radical (unpaired) electrons. The lowest BCUT2D eigenvalue weighted by atomic mass is 10.1. The highest BCUT2D eigenvalue weighted by atomic mass is 79.9. The molecule has 0 saturated heterocycles. The van der Waals surface area contributed by atoms with Crippen molar-refractivity contribution in [2.75, 3.05) is 20.2 Å². The molecule has 2 aromatic rings. The average molecular weight is 469 g/mol. The molecule has 0 bridgehead atoms. The summed E-state index contributed by atoms with van der Waals surface area (Å²) in [5.74, 6) is -1.25. The molecular weight excluding hydrogens is 454 g/mol. The third kappa shape index (κ3) is 5.79. The minimum atomic E-state index is -0.640. The molecule has 0 unspecified atom stereocenters. The maximum absolute atomic E-state index is 12.2. The van der Waals surface area contributed by atoms with E-state index >= 15 is 0 Å². The number of Topliss-reactive ketones (excluding diaryl/α,β-unsaturated/α-hetero) is 1. The molecule has 25 heavy (non-hydrogen) atoms. The summed E-state index contributed by atoms with van der Waals surface area (Å²) in [7, 11) is 1.50. The molecule has 0 aliphatic rings. The first kappa shape index (κ1) is 19.3. The standard InChI is InChI=1S/C18H15Br2NO4/c1-21(18(24)13-4-8-15(20)9-5-13)10-17(23)25-11-16(22)12-2-6-14(19)7-3-12/h2-9H,10-11H2,1H3. The summed E-state index contributed by atoms with van der Waals surface area (Å²) in [4.78, 5) is 37.3. The third-order valence-electron chi connectivity index (χ3n) is 3.33. The van der Waals surface area contributed by atoms with Crippen LogP contribution in [-0.2, 0) is 9.53 Å². The molecule has 0 aliphatic carbocycles. The minimum absolute atomic E-state index is 0.234. The number of carbonyl (C=O) groups excluding carboxylic acids is 3. The Hall–Kier alpha value is -1.99. The number of ether oxygens (including phenoxy) is 1. The van der Waals surface area contributed by atoms with Crippen LogP contribution in [0.4, 0.5) is 0 Å². The van der Waals surface area contributed by atoms with Gasteiger partial charge in [0.2, 0.25) is 0 Å². The van der Waals surface area contributed by atoms with Gasteiger partial charge in [-0.3, -0.25) is 14.4 Å². The number of hydrogen-bond acceptors (Lipinski definition) is 4. The quantitative estimate of drug-likeness (QED) is 0.478. The summed E-state index contributed by atoms with van der Waals surface area (Å²) in [6.07, 6.45) is 0. The van der Waals surface area contributed by atoms with Crippen molar-refractivity contribution >= 4 is 49.5 Å². The Morgan fingerprint density at radius 2 is 1.36 bits per heavy atom. The first-order valence-electron chi connectivity index (χ1n) is 7.32. The molecule has 5 nitrogen and oxygen atoms in total. The first-order valence-corrected chi connectivity index (χ1v) is 8.91. The summed E-state index contributed by atoms with van der Waals surface area (Å²) in [6, 6.07) is 13.6. The van der Waals surface area contributed by atoms with Gasteiger partial charge in [0.05, 0.1) is 0 Å². The van der Waals surface area contributed by atoms with Crippen LogP contribution in [0.5, 0.6) is 0 Å². The van der Waals surface area contributed by atoms with Crippen LogP contribution in [0.3, 0.4) is 0 Å². The maximum Gasteiger partial charge on any atom is 0.326 e. The SMILES string of the molecule is CN(CC(=O)OCC(=O)c1ccc(Br)cc1)C(=O)c1ccc(Br)cc1. The molecule has 0 N–H and O–H groups in total. The zero-order chi connectivity index (χ0) is 18.4. The van der Waals surface area contributed by atoms with Gasteiger partial charge in [0.25, 0.3) is 5.91 Å². The number of hydrogen-bond donors (Lipinski definition) is 0. The molecule has 2 aromatic carbocycles. The number of rotatable bonds is 6. The van der Waals surface area contributed by atoms with Crippen LogP contribution in [0, 0.1) is 0 Å². The Bertz CT molecular complexity index is 773. The van der Waals surface area contributed by atoms with Crippen LogP contribution in [0.25, 0.3) is 0 Å². The Morgan fingerprint density at radius 3 is 1.88 bits per heavy atom. The number of nitrogens with zero attached hydrogens (tertiary/aromatic N) is 1. The molecule has 0 saturated carbocycles.